The molecule has 3 heterocycles. The van der Waals surface area contributed by atoms with Crippen molar-refractivity contribution in [3.8, 4) is 0 Å². The number of aromatic nitrogens is 2. The van der Waals surface area contributed by atoms with Crippen LogP contribution in [0.5, 0.6) is 0 Å². The smallest absolute Gasteiger partial charge is 0.261 e. The molecule has 5 atom stereocenters. The van der Waals surface area contributed by atoms with E-state index in [9.17, 15) is 9.18 Å². The lowest BCUT2D eigenvalue weighted by Gasteiger charge is -2.61. The van der Waals surface area contributed by atoms with Gasteiger partial charge in [-0.05, 0) is 85.3 Å². The summed E-state index contributed by atoms with van der Waals surface area (Å²) in [5, 5.41) is 7.87. The molecule has 5 aliphatic rings. The Morgan fingerprint density at radius 2 is 1.89 bits per heavy atom. The molecule has 47 heavy (non-hydrogen) atoms. The van der Waals surface area contributed by atoms with E-state index in [0.29, 0.717) is 67.0 Å². The van der Waals surface area contributed by atoms with E-state index in [1.54, 1.807) is 16.7 Å². The minimum atomic E-state index is -0.260. The number of ether oxygens (including phenoxy) is 1. The zero-order chi connectivity index (χ0) is 32.7. The summed E-state index contributed by atoms with van der Waals surface area (Å²) >= 11 is 0. The number of nitrogens with zero attached hydrogens (tertiary/aromatic N) is 5. The fourth-order valence-electron chi connectivity index (χ4n) is 8.44. The van der Waals surface area contributed by atoms with Gasteiger partial charge in [0.05, 0.1) is 36.7 Å². The molecule has 0 amide bonds. The number of nitrogens with one attached hydrogen (secondary N) is 2. The van der Waals surface area contributed by atoms with Gasteiger partial charge in [-0.1, -0.05) is 32.9 Å². The highest BCUT2D eigenvalue weighted by Gasteiger charge is 2.56. The minimum Gasteiger partial charge on any atom is -0.379 e. The average Bonchev–Trinajstić information content (AvgIpc) is 3.06. The summed E-state index contributed by atoms with van der Waals surface area (Å²) in [4.78, 5) is 29.3. The first-order chi connectivity index (χ1) is 22.7. The SMILES string of the molecule is C[C@@H]1[C@@H](N=C(Nc2ccc3c(=O)n(CCc4ccc(F)cc4)c(CN4CCOCC4)nc3c2)N2CCN[C@@H](C)C2)C[C@@H]2C[C@H]1C2(C)C. The number of piperazine rings is 1. The van der Waals surface area contributed by atoms with Crippen LogP contribution in [-0.2, 0) is 24.2 Å². The van der Waals surface area contributed by atoms with E-state index in [-0.39, 0.29) is 11.4 Å². The van der Waals surface area contributed by atoms with Crippen LogP contribution in [0.2, 0.25) is 0 Å². The van der Waals surface area contributed by atoms with Gasteiger partial charge in [-0.15, -0.1) is 0 Å². The Kier molecular flexibility index (Phi) is 9.11. The molecule has 0 unspecified atom stereocenters. The summed E-state index contributed by atoms with van der Waals surface area (Å²) in [6.07, 6.45) is 3.09. The van der Waals surface area contributed by atoms with Crippen molar-refractivity contribution in [2.24, 2.45) is 28.2 Å². The largest absolute Gasteiger partial charge is 0.379 e. The first-order valence-electron chi connectivity index (χ1n) is 17.6. The number of benzene rings is 2. The summed E-state index contributed by atoms with van der Waals surface area (Å²) in [6, 6.07) is 13.1. The lowest BCUT2D eigenvalue weighted by molar-refractivity contribution is -0.108. The van der Waals surface area contributed by atoms with E-state index in [2.05, 4.69) is 48.1 Å². The third-order valence-electron chi connectivity index (χ3n) is 11.6. The van der Waals surface area contributed by atoms with Crippen LogP contribution in [0.1, 0.15) is 51.9 Å². The molecule has 2 bridgehead atoms. The van der Waals surface area contributed by atoms with Gasteiger partial charge in [-0.25, -0.2) is 14.4 Å². The molecule has 1 aromatic heterocycles. The molecule has 5 fully saturated rings. The molecule has 2 aliphatic heterocycles. The van der Waals surface area contributed by atoms with Crippen molar-refractivity contribution in [3.05, 3.63) is 70.0 Å². The zero-order valence-corrected chi connectivity index (χ0v) is 28.3. The second-order valence-electron chi connectivity index (χ2n) is 14.9. The van der Waals surface area contributed by atoms with E-state index in [4.69, 9.17) is 14.7 Å². The maximum atomic E-state index is 14.0. The highest BCUT2D eigenvalue weighted by molar-refractivity contribution is 5.96. The normalized spacial score (nSPS) is 27.9. The number of aryl methyl sites for hydroxylation is 1. The van der Waals surface area contributed by atoms with Crippen molar-refractivity contribution in [2.75, 3.05) is 51.3 Å². The average molecular weight is 644 g/mol. The molecule has 2 aromatic carbocycles. The van der Waals surface area contributed by atoms with Gasteiger partial charge in [-0.3, -0.25) is 14.3 Å². The van der Waals surface area contributed by atoms with Gasteiger partial charge in [0.15, 0.2) is 5.96 Å². The quantitative estimate of drug-likeness (QED) is 0.284. The minimum absolute atomic E-state index is 0.0467. The number of halogens is 1. The molecule has 3 aliphatic carbocycles. The molecule has 2 N–H and O–H groups in total. The lowest BCUT2D eigenvalue weighted by Crippen LogP contribution is -2.57. The van der Waals surface area contributed by atoms with Crippen LogP contribution in [0.15, 0.2) is 52.3 Å². The summed E-state index contributed by atoms with van der Waals surface area (Å²) < 4.78 is 20.9. The molecule has 9 nitrogen and oxygen atoms in total. The molecule has 0 spiro atoms. The summed E-state index contributed by atoms with van der Waals surface area (Å²) in [6.45, 7) is 16.2. The van der Waals surface area contributed by atoms with Crippen molar-refractivity contribution in [1.29, 1.82) is 0 Å². The van der Waals surface area contributed by atoms with Crippen LogP contribution in [0.3, 0.4) is 0 Å². The third-order valence-corrected chi connectivity index (χ3v) is 11.6. The summed E-state index contributed by atoms with van der Waals surface area (Å²) in [5.74, 6) is 3.41. The summed E-state index contributed by atoms with van der Waals surface area (Å²) in [5.41, 5.74) is 2.93. The number of fused-ring (bicyclic) bond motifs is 3. The number of anilines is 1. The second kappa shape index (κ2) is 13.3. The Balaban J connectivity index is 1.20. The van der Waals surface area contributed by atoms with Gasteiger partial charge >= 0.3 is 0 Å². The van der Waals surface area contributed by atoms with Crippen molar-refractivity contribution < 1.29 is 9.13 Å². The van der Waals surface area contributed by atoms with Crippen molar-refractivity contribution in [3.63, 3.8) is 0 Å². The number of hydrogen-bond donors (Lipinski definition) is 2. The highest BCUT2D eigenvalue weighted by Crippen LogP contribution is 2.61. The molecule has 3 saturated carbocycles. The molecule has 2 saturated heterocycles. The van der Waals surface area contributed by atoms with Gasteiger partial charge < -0.3 is 20.3 Å². The predicted molar refractivity (Wildman–Crippen MR) is 185 cm³/mol. The summed E-state index contributed by atoms with van der Waals surface area (Å²) in [7, 11) is 0. The number of guanidine groups is 1. The Morgan fingerprint density at radius 3 is 2.62 bits per heavy atom. The zero-order valence-electron chi connectivity index (χ0n) is 28.3. The van der Waals surface area contributed by atoms with Crippen LogP contribution in [0, 0.1) is 29.0 Å². The van der Waals surface area contributed by atoms with Gasteiger partial charge in [0, 0.05) is 51.0 Å². The fraction of sp³-hybridized carbons (Fsp3) is 0.595. The Morgan fingerprint density at radius 1 is 1.11 bits per heavy atom. The van der Waals surface area contributed by atoms with E-state index < -0.39 is 0 Å². The molecular formula is C37H50FN7O2. The van der Waals surface area contributed by atoms with Crippen molar-refractivity contribution in [2.45, 2.75) is 72.1 Å². The van der Waals surface area contributed by atoms with Gasteiger partial charge in [0.2, 0.25) is 0 Å². The van der Waals surface area contributed by atoms with Crippen LogP contribution in [-0.4, -0.2) is 83.3 Å². The van der Waals surface area contributed by atoms with Gasteiger partial charge in [-0.2, -0.15) is 0 Å². The van der Waals surface area contributed by atoms with E-state index >= 15 is 0 Å². The lowest BCUT2D eigenvalue weighted by atomic mass is 9.45. The Labute approximate surface area is 277 Å². The van der Waals surface area contributed by atoms with Crippen molar-refractivity contribution >= 4 is 22.5 Å². The van der Waals surface area contributed by atoms with Crippen LogP contribution in [0.4, 0.5) is 10.1 Å². The fourth-order valence-corrected chi connectivity index (χ4v) is 8.44. The van der Waals surface area contributed by atoms with E-state index in [0.717, 1.165) is 74.0 Å². The second-order valence-corrected chi connectivity index (χ2v) is 14.9. The highest BCUT2D eigenvalue weighted by atomic mass is 19.1. The first kappa shape index (κ1) is 32.2. The first-order valence-corrected chi connectivity index (χ1v) is 17.6. The maximum absolute atomic E-state index is 14.0. The predicted octanol–water partition coefficient (Wildman–Crippen LogP) is 4.74. The van der Waals surface area contributed by atoms with Crippen molar-refractivity contribution in [1.82, 2.24) is 24.7 Å². The van der Waals surface area contributed by atoms with Crippen LogP contribution in [0.25, 0.3) is 10.9 Å². The van der Waals surface area contributed by atoms with E-state index in [1.165, 1.54) is 18.6 Å². The number of aliphatic imine (C=N–C) groups is 1. The number of rotatable bonds is 7. The van der Waals surface area contributed by atoms with E-state index in [1.807, 2.05) is 18.2 Å². The number of morpholine rings is 1. The molecular weight excluding hydrogens is 593 g/mol. The standard InChI is InChI=1S/C37H50FN7O2/c1-24-22-44(14-12-39-24)36(42-32-20-27-19-31(25(32)2)37(27,3)4)40-29-9-10-30-33(21-29)41-34(23-43-15-17-47-18-16-43)45(35(30)46)13-11-26-5-7-28(38)8-6-26/h5-10,21,24-25,27,31-32,39H,11-20,22-23H2,1-4H3,(H,40,42)/t24-,25-,27-,31+,32-/m0/s1. The Bertz CT molecular complexity index is 1670. The molecule has 3 aromatic rings. The third kappa shape index (κ3) is 6.69. The molecule has 10 heteroatoms. The molecule has 0 radical (unpaired) electrons. The number of hydrogen-bond acceptors (Lipinski definition) is 6. The maximum Gasteiger partial charge on any atom is 0.261 e. The Hall–Kier alpha value is -3.34. The molecule has 252 valence electrons. The van der Waals surface area contributed by atoms with Gasteiger partial charge in [0.25, 0.3) is 5.56 Å². The van der Waals surface area contributed by atoms with Crippen LogP contribution >= 0.6 is 0 Å². The van der Waals surface area contributed by atoms with Gasteiger partial charge in [0.1, 0.15) is 11.6 Å². The molecule has 8 rings (SSSR count). The van der Waals surface area contributed by atoms with Crippen LogP contribution < -0.4 is 16.2 Å². The topological polar surface area (TPSA) is 87.0 Å². The monoisotopic (exact) mass is 643 g/mol.